The molecule has 0 atom stereocenters. The fourth-order valence-corrected chi connectivity index (χ4v) is 1.04. The van der Waals surface area contributed by atoms with E-state index < -0.39 is 23.4 Å². The number of amides is 3. The van der Waals surface area contributed by atoms with Gasteiger partial charge < -0.3 is 10.4 Å². The largest absolute Gasteiger partial charge is 0.480 e. The molecule has 0 aliphatic carbocycles. The molecular weight excluding hydrogens is 238 g/mol. The van der Waals surface area contributed by atoms with E-state index in [-0.39, 0.29) is 12.6 Å². The van der Waals surface area contributed by atoms with Crippen molar-refractivity contribution in [2.75, 3.05) is 13.6 Å². The Morgan fingerprint density at radius 1 is 1.28 bits per heavy atom. The average molecular weight is 259 g/mol. The monoisotopic (exact) mass is 259 g/mol. The van der Waals surface area contributed by atoms with Crippen molar-refractivity contribution in [1.29, 1.82) is 0 Å². The molecule has 104 valence electrons. The van der Waals surface area contributed by atoms with Gasteiger partial charge in [-0.25, -0.2) is 4.79 Å². The molecule has 3 N–H and O–H groups in total. The summed E-state index contributed by atoms with van der Waals surface area (Å²) >= 11 is 0. The molecule has 0 saturated heterocycles. The zero-order chi connectivity index (χ0) is 14.5. The second-order valence-electron chi connectivity index (χ2n) is 4.90. The third kappa shape index (κ3) is 5.13. The summed E-state index contributed by atoms with van der Waals surface area (Å²) in [5.41, 5.74) is -1.17. The molecule has 0 bridgehead atoms. The van der Waals surface area contributed by atoms with Gasteiger partial charge in [-0.05, 0) is 34.7 Å². The van der Waals surface area contributed by atoms with Crippen LogP contribution in [0.2, 0.25) is 0 Å². The first-order valence-corrected chi connectivity index (χ1v) is 5.62. The van der Waals surface area contributed by atoms with Gasteiger partial charge in [0.25, 0.3) is 0 Å². The van der Waals surface area contributed by atoms with Crippen LogP contribution in [0.3, 0.4) is 0 Å². The predicted octanol–water partition coefficient (Wildman–Crippen LogP) is 0.0156. The van der Waals surface area contributed by atoms with Gasteiger partial charge in [0.2, 0.25) is 5.91 Å². The first kappa shape index (κ1) is 16.4. The van der Waals surface area contributed by atoms with Gasteiger partial charge in [-0.15, -0.1) is 0 Å². The lowest BCUT2D eigenvalue weighted by Crippen LogP contribution is -2.53. The van der Waals surface area contributed by atoms with E-state index in [9.17, 15) is 14.4 Å². The summed E-state index contributed by atoms with van der Waals surface area (Å²) in [6.45, 7) is 6.33. The predicted molar refractivity (Wildman–Crippen MR) is 66.2 cm³/mol. The van der Waals surface area contributed by atoms with Gasteiger partial charge in [0.05, 0.1) is 6.54 Å². The fourth-order valence-electron chi connectivity index (χ4n) is 1.04. The topological polar surface area (TPSA) is 98.7 Å². The number of carbonyl (C=O) groups is 3. The molecule has 0 aromatic carbocycles. The number of rotatable bonds is 5. The quantitative estimate of drug-likeness (QED) is 0.646. The van der Waals surface area contributed by atoms with Crippen LogP contribution >= 0.6 is 0 Å². The van der Waals surface area contributed by atoms with Crippen LogP contribution in [0.5, 0.6) is 0 Å². The number of carboxylic acid groups (broad SMARTS) is 1. The van der Waals surface area contributed by atoms with Crippen molar-refractivity contribution >= 4 is 17.9 Å². The van der Waals surface area contributed by atoms with Crippen LogP contribution in [0.15, 0.2) is 0 Å². The standard InChI is InChI=1S/C11H21N3O4/c1-7(2)12-10(18)13-8(15)6-14(5)11(3,4)9(16)17/h7H,6H2,1-5H3,(H,16,17)(H2,12,13,15,18). The third-order valence-electron chi connectivity index (χ3n) is 2.53. The van der Waals surface area contributed by atoms with Crippen LogP contribution in [0.1, 0.15) is 27.7 Å². The molecule has 0 aliphatic rings. The Labute approximate surface area is 107 Å². The number of hydrogen-bond donors (Lipinski definition) is 3. The Morgan fingerprint density at radius 3 is 2.17 bits per heavy atom. The summed E-state index contributed by atoms with van der Waals surface area (Å²) in [5, 5.41) is 13.6. The minimum atomic E-state index is -1.17. The van der Waals surface area contributed by atoms with Crippen LogP contribution in [-0.4, -0.2) is 53.1 Å². The summed E-state index contributed by atoms with van der Waals surface area (Å²) in [6.07, 6.45) is 0. The summed E-state index contributed by atoms with van der Waals surface area (Å²) in [6, 6.07) is -0.664. The highest BCUT2D eigenvalue weighted by Gasteiger charge is 2.33. The molecule has 0 aromatic rings. The summed E-state index contributed by atoms with van der Waals surface area (Å²) in [5.74, 6) is -1.59. The van der Waals surface area contributed by atoms with E-state index in [1.807, 2.05) is 0 Å². The van der Waals surface area contributed by atoms with Gasteiger partial charge in [0.1, 0.15) is 5.54 Å². The Bertz CT molecular complexity index is 339. The minimum Gasteiger partial charge on any atom is -0.480 e. The van der Waals surface area contributed by atoms with Crippen LogP contribution in [-0.2, 0) is 9.59 Å². The first-order valence-electron chi connectivity index (χ1n) is 5.62. The average Bonchev–Trinajstić information content (AvgIpc) is 2.14. The molecule has 0 fully saturated rings. The zero-order valence-electron chi connectivity index (χ0n) is 11.4. The molecule has 3 amide bonds. The van der Waals surface area contributed by atoms with E-state index in [0.717, 1.165) is 0 Å². The van der Waals surface area contributed by atoms with Crippen LogP contribution in [0.4, 0.5) is 4.79 Å². The van der Waals surface area contributed by atoms with Crippen molar-refractivity contribution in [2.45, 2.75) is 39.3 Å². The van der Waals surface area contributed by atoms with Crippen LogP contribution in [0.25, 0.3) is 0 Å². The number of hydrogen-bond acceptors (Lipinski definition) is 4. The number of urea groups is 1. The molecule has 0 saturated carbocycles. The Kier molecular flexibility index (Phi) is 5.77. The summed E-state index contributed by atoms with van der Waals surface area (Å²) in [7, 11) is 1.51. The maximum Gasteiger partial charge on any atom is 0.323 e. The first-order chi connectivity index (χ1) is 8.07. The van der Waals surface area contributed by atoms with Crippen molar-refractivity contribution in [3.8, 4) is 0 Å². The lowest BCUT2D eigenvalue weighted by molar-refractivity contribution is -0.149. The molecule has 0 unspecified atom stereocenters. The lowest BCUT2D eigenvalue weighted by atomic mass is 10.0. The molecule has 0 spiro atoms. The van der Waals surface area contributed by atoms with E-state index in [2.05, 4.69) is 10.6 Å². The molecule has 0 aromatic heterocycles. The summed E-state index contributed by atoms with van der Waals surface area (Å²) in [4.78, 5) is 35.1. The fraction of sp³-hybridized carbons (Fsp3) is 0.727. The maximum absolute atomic E-state index is 11.5. The van der Waals surface area contributed by atoms with Crippen molar-refractivity contribution in [1.82, 2.24) is 15.5 Å². The molecular formula is C11H21N3O4. The van der Waals surface area contributed by atoms with Crippen molar-refractivity contribution in [3.05, 3.63) is 0 Å². The smallest absolute Gasteiger partial charge is 0.323 e. The number of carbonyl (C=O) groups excluding carboxylic acids is 2. The van der Waals surface area contributed by atoms with Crippen LogP contribution in [0, 0.1) is 0 Å². The second kappa shape index (κ2) is 6.34. The van der Waals surface area contributed by atoms with Gasteiger partial charge in [0, 0.05) is 6.04 Å². The van der Waals surface area contributed by atoms with Gasteiger partial charge in [-0.1, -0.05) is 0 Å². The molecule has 7 heteroatoms. The van der Waals surface area contributed by atoms with Gasteiger partial charge in [-0.2, -0.15) is 0 Å². The van der Waals surface area contributed by atoms with Crippen molar-refractivity contribution < 1.29 is 19.5 Å². The highest BCUT2D eigenvalue weighted by atomic mass is 16.4. The van der Waals surface area contributed by atoms with Crippen LogP contribution < -0.4 is 10.6 Å². The Balaban J connectivity index is 4.33. The van der Waals surface area contributed by atoms with Gasteiger partial charge in [-0.3, -0.25) is 19.8 Å². The minimum absolute atomic E-state index is 0.0778. The highest BCUT2D eigenvalue weighted by Crippen LogP contribution is 2.11. The summed E-state index contributed by atoms with van der Waals surface area (Å²) < 4.78 is 0. The van der Waals surface area contributed by atoms with E-state index in [0.29, 0.717) is 0 Å². The van der Waals surface area contributed by atoms with Crippen molar-refractivity contribution in [2.24, 2.45) is 0 Å². The number of likely N-dealkylation sites (N-methyl/N-ethyl adjacent to an activating group) is 1. The van der Waals surface area contributed by atoms with E-state index >= 15 is 0 Å². The molecule has 0 rings (SSSR count). The van der Waals surface area contributed by atoms with Gasteiger partial charge in [0.15, 0.2) is 0 Å². The van der Waals surface area contributed by atoms with Gasteiger partial charge >= 0.3 is 12.0 Å². The second-order valence-corrected chi connectivity index (χ2v) is 4.90. The lowest BCUT2D eigenvalue weighted by Gasteiger charge is -2.30. The van der Waals surface area contributed by atoms with E-state index in [1.54, 1.807) is 13.8 Å². The number of nitrogens with one attached hydrogen (secondary N) is 2. The molecule has 0 radical (unpaired) electrons. The number of nitrogens with zero attached hydrogens (tertiary/aromatic N) is 1. The molecule has 0 aliphatic heterocycles. The SMILES string of the molecule is CC(C)NC(=O)NC(=O)CN(C)C(C)(C)C(=O)O. The molecule has 18 heavy (non-hydrogen) atoms. The highest BCUT2D eigenvalue weighted by molar-refractivity contribution is 5.95. The number of carboxylic acids is 1. The number of aliphatic carboxylic acids is 1. The maximum atomic E-state index is 11.5. The number of imide groups is 1. The zero-order valence-corrected chi connectivity index (χ0v) is 11.4. The van der Waals surface area contributed by atoms with E-state index in [1.165, 1.54) is 25.8 Å². The third-order valence-corrected chi connectivity index (χ3v) is 2.53. The molecule has 0 heterocycles. The Hall–Kier alpha value is -1.63. The normalized spacial score (nSPS) is 11.5. The Morgan fingerprint density at radius 2 is 1.78 bits per heavy atom. The molecule has 7 nitrogen and oxygen atoms in total. The van der Waals surface area contributed by atoms with E-state index in [4.69, 9.17) is 5.11 Å². The van der Waals surface area contributed by atoms with Crippen molar-refractivity contribution in [3.63, 3.8) is 0 Å².